The Bertz CT molecular complexity index is 494. The molecule has 0 aromatic heterocycles. The molecule has 100 valence electrons. The highest BCUT2D eigenvalue weighted by molar-refractivity contribution is 6.02. The van der Waals surface area contributed by atoms with Crippen LogP contribution in [0.4, 0.5) is 5.69 Å². The predicted octanol–water partition coefficient (Wildman–Crippen LogP) is 3.52. The van der Waals surface area contributed by atoms with Gasteiger partial charge in [0.25, 0.3) is 0 Å². The van der Waals surface area contributed by atoms with Crippen LogP contribution in [0.3, 0.4) is 0 Å². The zero-order valence-corrected chi connectivity index (χ0v) is 11.2. The van der Waals surface area contributed by atoms with Gasteiger partial charge in [0.15, 0.2) is 5.78 Å². The van der Waals surface area contributed by atoms with Gasteiger partial charge in [-0.05, 0) is 67.9 Å². The van der Waals surface area contributed by atoms with E-state index in [-0.39, 0.29) is 5.92 Å². The zero-order valence-electron chi connectivity index (χ0n) is 11.2. The Labute approximate surface area is 114 Å². The molecule has 0 amide bonds. The topological polar surface area (TPSA) is 43.1 Å². The Morgan fingerprint density at radius 1 is 0.947 bits per heavy atom. The van der Waals surface area contributed by atoms with E-state index in [2.05, 4.69) is 0 Å². The molecule has 0 spiro atoms. The van der Waals surface area contributed by atoms with Crippen LogP contribution in [-0.2, 0) is 0 Å². The normalized spacial score (nSPS) is 39.5. The Kier molecular flexibility index (Phi) is 2.48. The van der Waals surface area contributed by atoms with Crippen LogP contribution < -0.4 is 5.73 Å². The van der Waals surface area contributed by atoms with E-state index in [9.17, 15) is 4.79 Å². The number of para-hydroxylation sites is 1. The van der Waals surface area contributed by atoms with Crippen molar-refractivity contribution in [1.29, 1.82) is 0 Å². The van der Waals surface area contributed by atoms with Crippen LogP contribution in [0.2, 0.25) is 0 Å². The highest BCUT2D eigenvalue weighted by Crippen LogP contribution is 2.57. The molecule has 4 aliphatic carbocycles. The van der Waals surface area contributed by atoms with Gasteiger partial charge in [-0.1, -0.05) is 12.1 Å². The number of anilines is 1. The van der Waals surface area contributed by atoms with Crippen LogP contribution in [0.5, 0.6) is 0 Å². The van der Waals surface area contributed by atoms with Crippen molar-refractivity contribution in [2.45, 2.75) is 32.1 Å². The minimum atomic E-state index is 0.262. The van der Waals surface area contributed by atoms with Gasteiger partial charge in [0.2, 0.25) is 0 Å². The largest absolute Gasteiger partial charge is 0.398 e. The van der Waals surface area contributed by atoms with Gasteiger partial charge in [-0.2, -0.15) is 0 Å². The molecule has 1 aromatic rings. The number of nitrogen functional groups attached to an aromatic ring is 1. The zero-order chi connectivity index (χ0) is 13.0. The highest BCUT2D eigenvalue weighted by atomic mass is 16.1. The van der Waals surface area contributed by atoms with Gasteiger partial charge >= 0.3 is 0 Å². The third kappa shape index (κ3) is 1.73. The Balaban J connectivity index is 1.66. The average molecular weight is 255 g/mol. The number of rotatable bonds is 2. The van der Waals surface area contributed by atoms with E-state index < -0.39 is 0 Å². The molecule has 2 N–H and O–H groups in total. The lowest BCUT2D eigenvalue weighted by Crippen LogP contribution is -2.48. The summed E-state index contributed by atoms with van der Waals surface area (Å²) in [4.78, 5) is 12.9. The Hall–Kier alpha value is -1.31. The van der Waals surface area contributed by atoms with Crippen molar-refractivity contribution in [3.05, 3.63) is 29.8 Å². The third-order valence-electron chi connectivity index (χ3n) is 5.76. The summed E-state index contributed by atoms with van der Waals surface area (Å²) in [5, 5.41) is 0. The summed E-state index contributed by atoms with van der Waals surface area (Å²) in [5.74, 6) is 3.70. The van der Waals surface area contributed by atoms with E-state index in [1.54, 1.807) is 0 Å². The van der Waals surface area contributed by atoms with Crippen molar-refractivity contribution in [2.24, 2.45) is 29.6 Å². The molecule has 19 heavy (non-hydrogen) atoms. The summed E-state index contributed by atoms with van der Waals surface area (Å²) < 4.78 is 0. The maximum absolute atomic E-state index is 12.9. The maximum Gasteiger partial charge on any atom is 0.168 e. The smallest absolute Gasteiger partial charge is 0.168 e. The third-order valence-corrected chi connectivity index (χ3v) is 5.76. The standard InChI is InChI=1S/C17H21NO/c18-15-4-2-1-3-14(15)17(19)16-12-6-10-5-11(8-12)9-13(16)7-10/h1-4,10-13,16H,5-9,18H2. The van der Waals surface area contributed by atoms with Crippen molar-refractivity contribution in [1.82, 2.24) is 0 Å². The van der Waals surface area contributed by atoms with Crippen molar-refractivity contribution < 1.29 is 4.79 Å². The van der Waals surface area contributed by atoms with E-state index in [0.29, 0.717) is 23.3 Å². The maximum atomic E-state index is 12.9. The first-order valence-electron chi connectivity index (χ1n) is 7.61. The molecule has 0 heterocycles. The number of ketones is 1. The van der Waals surface area contributed by atoms with Gasteiger partial charge in [0.05, 0.1) is 0 Å². The fourth-order valence-corrected chi connectivity index (χ4v) is 5.25. The SMILES string of the molecule is Nc1ccccc1C(=O)C1C2CC3CC(C2)CC1C3. The molecule has 1 aromatic carbocycles. The Morgan fingerprint density at radius 3 is 2.11 bits per heavy atom. The molecule has 4 fully saturated rings. The van der Waals surface area contributed by atoms with Gasteiger partial charge in [-0.25, -0.2) is 0 Å². The van der Waals surface area contributed by atoms with E-state index >= 15 is 0 Å². The summed E-state index contributed by atoms with van der Waals surface area (Å²) in [6, 6.07) is 7.59. The second-order valence-electron chi connectivity index (χ2n) is 6.91. The molecule has 2 nitrogen and oxygen atoms in total. The van der Waals surface area contributed by atoms with E-state index in [1.807, 2.05) is 24.3 Å². The fourth-order valence-electron chi connectivity index (χ4n) is 5.25. The van der Waals surface area contributed by atoms with Crippen molar-refractivity contribution in [3.8, 4) is 0 Å². The summed E-state index contributed by atoms with van der Waals surface area (Å²) in [5.41, 5.74) is 7.41. The van der Waals surface area contributed by atoms with Gasteiger partial charge < -0.3 is 5.73 Å². The van der Waals surface area contributed by atoms with Crippen LogP contribution in [0.1, 0.15) is 42.5 Å². The average Bonchev–Trinajstić information content (AvgIpc) is 2.37. The van der Waals surface area contributed by atoms with Crippen molar-refractivity contribution in [3.63, 3.8) is 0 Å². The number of benzene rings is 1. The van der Waals surface area contributed by atoms with Gasteiger partial charge in [-0.3, -0.25) is 4.79 Å². The summed E-state index contributed by atoms with van der Waals surface area (Å²) >= 11 is 0. The quantitative estimate of drug-likeness (QED) is 0.649. The number of hydrogen-bond donors (Lipinski definition) is 1. The number of nitrogens with two attached hydrogens (primary N) is 1. The van der Waals surface area contributed by atoms with Crippen molar-refractivity contribution in [2.75, 3.05) is 5.73 Å². The fraction of sp³-hybridized carbons (Fsp3) is 0.588. The summed E-state index contributed by atoms with van der Waals surface area (Å²) in [6.07, 6.45) is 6.58. The van der Waals surface area contributed by atoms with Gasteiger partial charge in [-0.15, -0.1) is 0 Å². The Morgan fingerprint density at radius 2 is 1.53 bits per heavy atom. The van der Waals surface area contributed by atoms with Crippen LogP contribution in [0.15, 0.2) is 24.3 Å². The number of carbonyl (C=O) groups is 1. The van der Waals surface area contributed by atoms with E-state index in [1.165, 1.54) is 32.1 Å². The predicted molar refractivity (Wildman–Crippen MR) is 75.7 cm³/mol. The van der Waals surface area contributed by atoms with E-state index in [4.69, 9.17) is 5.73 Å². The number of Topliss-reactive ketones (excluding diaryl/α,β-unsaturated/α-hetero) is 1. The first-order chi connectivity index (χ1) is 9.22. The minimum absolute atomic E-state index is 0.262. The molecule has 5 rings (SSSR count). The second-order valence-corrected chi connectivity index (χ2v) is 6.91. The molecule has 2 heteroatoms. The van der Waals surface area contributed by atoms with E-state index in [0.717, 1.165) is 17.4 Å². The first kappa shape index (κ1) is 11.5. The van der Waals surface area contributed by atoms with Gasteiger partial charge in [0, 0.05) is 17.2 Å². The molecule has 0 unspecified atom stereocenters. The number of hydrogen-bond acceptors (Lipinski definition) is 2. The lowest BCUT2D eigenvalue weighted by Gasteiger charge is -2.53. The molecule has 0 atom stereocenters. The molecule has 4 aliphatic rings. The van der Waals surface area contributed by atoms with Crippen molar-refractivity contribution >= 4 is 11.5 Å². The molecular formula is C17H21NO. The molecule has 4 bridgehead atoms. The van der Waals surface area contributed by atoms with Crippen LogP contribution in [0, 0.1) is 29.6 Å². The number of carbonyl (C=O) groups excluding carboxylic acids is 1. The molecule has 0 radical (unpaired) electrons. The van der Waals surface area contributed by atoms with Gasteiger partial charge in [0.1, 0.15) is 0 Å². The van der Waals surface area contributed by atoms with Crippen LogP contribution in [0.25, 0.3) is 0 Å². The molecular weight excluding hydrogens is 234 g/mol. The molecule has 0 aliphatic heterocycles. The minimum Gasteiger partial charge on any atom is -0.398 e. The first-order valence-corrected chi connectivity index (χ1v) is 7.61. The monoisotopic (exact) mass is 255 g/mol. The lowest BCUT2D eigenvalue weighted by atomic mass is 9.51. The molecule has 0 saturated heterocycles. The van der Waals surface area contributed by atoms with Crippen LogP contribution >= 0.6 is 0 Å². The second kappa shape index (κ2) is 4.09. The highest BCUT2D eigenvalue weighted by Gasteiger charge is 2.50. The summed E-state index contributed by atoms with van der Waals surface area (Å²) in [6.45, 7) is 0. The lowest BCUT2D eigenvalue weighted by molar-refractivity contribution is -0.0250. The molecule has 4 saturated carbocycles. The van der Waals surface area contributed by atoms with Crippen LogP contribution in [-0.4, -0.2) is 5.78 Å². The summed E-state index contributed by atoms with van der Waals surface area (Å²) in [7, 11) is 0.